The number of rotatable bonds is 6. The molecule has 2 aromatic heterocycles. The number of nitrogens with two attached hydrogens (primary N) is 1. The van der Waals surface area contributed by atoms with Crippen LogP contribution in [0.3, 0.4) is 0 Å². The van der Waals surface area contributed by atoms with Crippen LogP contribution in [0, 0.1) is 19.8 Å². The number of nitrogens with zero attached hydrogens (tertiary/aromatic N) is 4. The van der Waals surface area contributed by atoms with Crippen LogP contribution in [-0.2, 0) is 15.5 Å². The Morgan fingerprint density at radius 3 is 2.50 bits per heavy atom. The second-order valence-electron chi connectivity index (χ2n) is 11.8. The molecule has 0 radical (unpaired) electrons. The summed E-state index contributed by atoms with van der Waals surface area (Å²) in [6.45, 7) is 5.41. The Morgan fingerprint density at radius 2 is 1.88 bits per heavy atom. The maximum Gasteiger partial charge on any atom is 0.299 e. The Hall–Kier alpha value is -4.98. The monoisotopic (exact) mass is 677 g/mol. The molecule has 7 rings (SSSR count). The van der Waals surface area contributed by atoms with Crippen molar-refractivity contribution in [3.05, 3.63) is 93.3 Å². The van der Waals surface area contributed by atoms with Gasteiger partial charge in [0.2, 0.25) is 17.7 Å². The normalized spacial score (nSPS) is 19.9. The van der Waals surface area contributed by atoms with Gasteiger partial charge in [-0.1, -0.05) is 35.5 Å². The van der Waals surface area contributed by atoms with Crippen LogP contribution < -0.4 is 16.4 Å². The fourth-order valence-electron chi connectivity index (χ4n) is 6.01. The maximum atomic E-state index is 14.8. The van der Waals surface area contributed by atoms with E-state index in [1.54, 1.807) is 48.4 Å². The maximum absolute atomic E-state index is 14.8. The van der Waals surface area contributed by atoms with Crippen LogP contribution in [0.4, 0.5) is 8.78 Å². The van der Waals surface area contributed by atoms with Crippen molar-refractivity contribution in [3.63, 3.8) is 0 Å². The Labute approximate surface area is 280 Å². The summed E-state index contributed by atoms with van der Waals surface area (Å²) in [4.78, 5) is 48.9. The summed E-state index contributed by atoms with van der Waals surface area (Å²) in [6, 6.07) is 11.7. The predicted octanol–water partition coefficient (Wildman–Crippen LogP) is 4.75. The summed E-state index contributed by atoms with van der Waals surface area (Å²) in [7, 11) is 1.62. The standard InChI is InChI=1S/C29H27F2N3O3S.C3H4N2O.C2H6N2/c1-15-9-25(38-14-15)16(2)33-28(37)24-12-18-11-23(18)34(24)26(35)13-32-27(36)17-7-8-22-20(10-17)19-5-3-4-6-21(19)29(22,30)31;1-3-4-2-5-6-3;1-4-2-3/h3-10,14,16,18,23-24H,11-13H2,1-2H3,(H,32,36)(H,33,37);2H,1H3;2H,1H3,(H2,3,4)/t16-,18?,23?,24?;;/m1../s1. The zero-order valence-electron chi connectivity index (χ0n) is 26.9. The van der Waals surface area contributed by atoms with Crippen molar-refractivity contribution in [3.8, 4) is 11.1 Å². The molecule has 2 aromatic carbocycles. The fourth-order valence-corrected chi connectivity index (χ4v) is 6.91. The molecule has 4 N–H and O–H groups in total. The lowest BCUT2D eigenvalue weighted by atomic mass is 10.0. The minimum absolute atomic E-state index is 0.0215. The van der Waals surface area contributed by atoms with Crippen molar-refractivity contribution in [1.82, 2.24) is 25.7 Å². The number of benzene rings is 2. The van der Waals surface area contributed by atoms with Gasteiger partial charge in [-0.3, -0.25) is 19.4 Å². The first-order chi connectivity index (χ1) is 23.0. The summed E-state index contributed by atoms with van der Waals surface area (Å²) in [6.07, 6.45) is 4.10. The molecule has 11 nitrogen and oxygen atoms in total. The minimum Gasteiger partial charge on any atom is -0.390 e. The highest BCUT2D eigenvalue weighted by Gasteiger charge is 2.56. The van der Waals surface area contributed by atoms with Crippen LogP contribution in [0.1, 0.15) is 63.6 Å². The number of hydrogen-bond donors (Lipinski definition) is 3. The fraction of sp³-hybridized carbons (Fsp3) is 0.353. The Morgan fingerprint density at radius 1 is 1.15 bits per heavy atom. The Balaban J connectivity index is 0.000000391. The van der Waals surface area contributed by atoms with Gasteiger partial charge in [-0.05, 0) is 72.9 Å². The molecule has 1 aliphatic heterocycles. The van der Waals surface area contributed by atoms with Gasteiger partial charge in [0, 0.05) is 41.6 Å². The largest absolute Gasteiger partial charge is 0.390 e. The van der Waals surface area contributed by atoms with Gasteiger partial charge in [-0.2, -0.15) is 13.8 Å². The first-order valence-corrected chi connectivity index (χ1v) is 16.3. The number of aromatic nitrogens is 2. The highest BCUT2D eigenvalue weighted by molar-refractivity contribution is 7.10. The van der Waals surface area contributed by atoms with E-state index in [1.807, 2.05) is 25.3 Å². The van der Waals surface area contributed by atoms with E-state index in [0.29, 0.717) is 29.4 Å². The number of piperidine rings is 1. The molecule has 3 unspecified atom stereocenters. The number of halogens is 2. The molecule has 48 heavy (non-hydrogen) atoms. The average Bonchev–Trinajstić information content (AvgIpc) is 3.44. The number of carbonyl (C=O) groups excluding carboxylic acids is 3. The van der Waals surface area contributed by atoms with Crippen LogP contribution >= 0.6 is 11.3 Å². The van der Waals surface area contributed by atoms with Crippen molar-refractivity contribution in [1.29, 1.82) is 0 Å². The summed E-state index contributed by atoms with van der Waals surface area (Å²) in [5.41, 5.74) is 6.58. The van der Waals surface area contributed by atoms with E-state index in [4.69, 9.17) is 5.73 Å². The smallest absolute Gasteiger partial charge is 0.299 e. The first kappa shape index (κ1) is 34.4. The molecule has 1 saturated heterocycles. The van der Waals surface area contributed by atoms with Crippen molar-refractivity contribution in [2.75, 3.05) is 13.6 Å². The SMILES string of the molecule is CN=CN.Cc1csc([C@@H](C)NC(=O)C2CC3CC3N2C(=O)CNC(=O)c2ccc3c(c2)-c2ccccc2C3(F)F)c1.Cc1ncno1. The number of alkyl halides is 2. The average molecular weight is 678 g/mol. The lowest BCUT2D eigenvalue weighted by Crippen LogP contribution is -2.51. The van der Waals surface area contributed by atoms with Gasteiger partial charge in [-0.15, -0.1) is 11.3 Å². The summed E-state index contributed by atoms with van der Waals surface area (Å²) >= 11 is 1.59. The van der Waals surface area contributed by atoms with Crippen LogP contribution in [0.5, 0.6) is 0 Å². The third-order valence-electron chi connectivity index (χ3n) is 8.43. The third kappa shape index (κ3) is 7.28. The van der Waals surface area contributed by atoms with E-state index < -0.39 is 17.9 Å². The van der Waals surface area contributed by atoms with Crippen molar-refractivity contribution in [2.24, 2.45) is 16.6 Å². The molecule has 3 heterocycles. The molecule has 0 spiro atoms. The van der Waals surface area contributed by atoms with E-state index in [2.05, 4.69) is 30.3 Å². The van der Waals surface area contributed by atoms with Gasteiger partial charge in [0.15, 0.2) is 6.33 Å². The third-order valence-corrected chi connectivity index (χ3v) is 9.66. The number of amides is 3. The molecule has 2 fully saturated rings. The van der Waals surface area contributed by atoms with Gasteiger partial charge in [0.05, 0.1) is 18.9 Å². The zero-order chi connectivity index (χ0) is 34.6. The number of carbonyl (C=O) groups is 3. The van der Waals surface area contributed by atoms with Gasteiger partial charge < -0.3 is 25.8 Å². The number of likely N-dealkylation sites (tertiary alicyclic amines) is 1. The molecule has 1 saturated carbocycles. The number of thiophene rings is 1. The summed E-state index contributed by atoms with van der Waals surface area (Å²) < 4.78 is 34.1. The second kappa shape index (κ2) is 14.4. The van der Waals surface area contributed by atoms with Crippen LogP contribution in [0.15, 0.2) is 69.8 Å². The number of aryl methyl sites for hydroxylation is 2. The van der Waals surface area contributed by atoms with Crippen LogP contribution in [0.2, 0.25) is 0 Å². The molecule has 3 amide bonds. The first-order valence-electron chi connectivity index (χ1n) is 15.4. The topological polar surface area (TPSA) is 156 Å². The van der Waals surface area contributed by atoms with E-state index >= 15 is 0 Å². The highest BCUT2D eigenvalue weighted by Crippen LogP contribution is 2.51. The molecular weight excluding hydrogens is 640 g/mol. The minimum atomic E-state index is -3.12. The molecule has 0 bridgehead atoms. The summed E-state index contributed by atoms with van der Waals surface area (Å²) in [5, 5.41) is 11.0. The predicted molar refractivity (Wildman–Crippen MR) is 178 cm³/mol. The van der Waals surface area contributed by atoms with Gasteiger partial charge in [0.1, 0.15) is 6.04 Å². The number of hydrogen-bond acceptors (Lipinski definition) is 8. The number of nitrogens with one attached hydrogen (secondary N) is 2. The van der Waals surface area contributed by atoms with Gasteiger partial charge in [0.25, 0.3) is 11.8 Å². The van der Waals surface area contributed by atoms with Crippen molar-refractivity contribution in [2.45, 2.75) is 57.7 Å². The summed E-state index contributed by atoms with van der Waals surface area (Å²) in [5.74, 6) is -3.24. The molecule has 4 aromatic rings. The lowest BCUT2D eigenvalue weighted by Gasteiger charge is -2.28. The molecule has 252 valence electrons. The van der Waals surface area contributed by atoms with Crippen molar-refractivity contribution >= 4 is 35.4 Å². The van der Waals surface area contributed by atoms with E-state index in [-0.39, 0.29) is 47.1 Å². The molecule has 4 atom stereocenters. The Kier molecular flexibility index (Phi) is 10.3. The number of aliphatic imine (C=N–C) groups is 1. The zero-order valence-corrected chi connectivity index (χ0v) is 27.8. The highest BCUT2D eigenvalue weighted by atomic mass is 32.1. The molecule has 14 heteroatoms. The second-order valence-corrected chi connectivity index (χ2v) is 12.7. The Bertz CT molecular complexity index is 1810. The molecule has 2 aliphatic carbocycles. The molecule has 3 aliphatic rings. The van der Waals surface area contributed by atoms with Crippen molar-refractivity contribution < 1.29 is 27.7 Å². The van der Waals surface area contributed by atoms with Gasteiger partial charge in [-0.25, -0.2) is 0 Å². The molecular formula is C34H37F2N7O4S. The van der Waals surface area contributed by atoms with Gasteiger partial charge >= 0.3 is 0 Å². The van der Waals surface area contributed by atoms with Crippen LogP contribution in [0.25, 0.3) is 11.1 Å². The van der Waals surface area contributed by atoms with E-state index in [0.717, 1.165) is 16.9 Å². The lowest BCUT2D eigenvalue weighted by molar-refractivity contribution is -0.139. The number of fused-ring (bicyclic) bond motifs is 4. The van der Waals surface area contributed by atoms with E-state index in [1.165, 1.54) is 36.9 Å². The van der Waals surface area contributed by atoms with Crippen LogP contribution in [-0.4, -0.2) is 64.8 Å². The quantitative estimate of drug-likeness (QED) is 0.196. The van der Waals surface area contributed by atoms with E-state index in [9.17, 15) is 23.2 Å².